The van der Waals surface area contributed by atoms with Crippen molar-refractivity contribution in [1.29, 1.82) is 0 Å². The van der Waals surface area contributed by atoms with E-state index in [1.807, 2.05) is 11.4 Å². The lowest BCUT2D eigenvalue weighted by atomic mass is 10.3. The van der Waals surface area contributed by atoms with Gasteiger partial charge in [-0.3, -0.25) is 4.79 Å². The van der Waals surface area contributed by atoms with Gasteiger partial charge in [0.25, 0.3) is 0 Å². The van der Waals surface area contributed by atoms with E-state index in [-0.39, 0.29) is 12.5 Å². The third-order valence-corrected chi connectivity index (χ3v) is 3.71. The van der Waals surface area contributed by atoms with Crippen LogP contribution in [0.4, 0.5) is 11.8 Å². The van der Waals surface area contributed by atoms with Crippen LogP contribution >= 0.6 is 11.3 Å². The molecule has 2 heterocycles. The van der Waals surface area contributed by atoms with Gasteiger partial charge in [0.1, 0.15) is 10.6 Å². The molecular weight excluding hydrogens is 262 g/mol. The summed E-state index contributed by atoms with van der Waals surface area (Å²) < 4.78 is 0. The van der Waals surface area contributed by atoms with E-state index < -0.39 is 0 Å². The molecule has 0 saturated heterocycles. The summed E-state index contributed by atoms with van der Waals surface area (Å²) in [5.74, 6) is 1.26. The van der Waals surface area contributed by atoms with Crippen molar-refractivity contribution < 1.29 is 4.79 Å². The quantitative estimate of drug-likeness (QED) is 0.770. The highest BCUT2D eigenvalue weighted by Gasteiger charge is 2.23. The summed E-state index contributed by atoms with van der Waals surface area (Å²) in [4.78, 5) is 21.3. The standard InChI is InChI=1S/C12H15N5OS/c1-13-12-16-10(8-4-5-19-11(8)17-12)14-6-9(18)15-7-2-3-7/h4-5,7H,2-3,6H2,1H3,(H,15,18)(H2,13,14,16,17). The second kappa shape index (κ2) is 5.00. The first-order chi connectivity index (χ1) is 9.26. The molecule has 3 rings (SSSR count). The lowest BCUT2D eigenvalue weighted by molar-refractivity contribution is -0.119. The zero-order chi connectivity index (χ0) is 13.2. The van der Waals surface area contributed by atoms with Gasteiger partial charge in [0.2, 0.25) is 11.9 Å². The smallest absolute Gasteiger partial charge is 0.239 e. The van der Waals surface area contributed by atoms with Gasteiger partial charge in [-0.1, -0.05) is 0 Å². The maximum Gasteiger partial charge on any atom is 0.239 e. The van der Waals surface area contributed by atoms with Crippen LogP contribution < -0.4 is 16.0 Å². The zero-order valence-corrected chi connectivity index (χ0v) is 11.4. The molecule has 0 radical (unpaired) electrons. The van der Waals surface area contributed by atoms with Crippen LogP contribution in [0.15, 0.2) is 11.4 Å². The van der Waals surface area contributed by atoms with E-state index in [0.717, 1.165) is 23.1 Å². The van der Waals surface area contributed by atoms with Crippen molar-refractivity contribution in [1.82, 2.24) is 15.3 Å². The zero-order valence-electron chi connectivity index (χ0n) is 10.6. The average molecular weight is 277 g/mol. The van der Waals surface area contributed by atoms with Gasteiger partial charge in [-0.2, -0.15) is 4.98 Å². The third-order valence-electron chi connectivity index (χ3n) is 2.91. The highest BCUT2D eigenvalue weighted by atomic mass is 32.1. The average Bonchev–Trinajstić information content (AvgIpc) is 3.09. The second-order valence-corrected chi connectivity index (χ2v) is 5.38. The van der Waals surface area contributed by atoms with Crippen molar-refractivity contribution in [3.05, 3.63) is 11.4 Å². The molecule has 0 aliphatic heterocycles. The maximum absolute atomic E-state index is 11.7. The Hall–Kier alpha value is -1.89. The number of thiophene rings is 1. The number of nitrogens with zero attached hydrogens (tertiary/aromatic N) is 2. The lowest BCUT2D eigenvalue weighted by Gasteiger charge is -2.08. The number of amides is 1. The lowest BCUT2D eigenvalue weighted by Crippen LogP contribution is -2.31. The molecule has 100 valence electrons. The Kier molecular flexibility index (Phi) is 3.20. The van der Waals surface area contributed by atoms with E-state index in [0.29, 0.717) is 17.8 Å². The molecule has 2 aromatic heterocycles. The number of hydrogen-bond acceptors (Lipinski definition) is 6. The minimum atomic E-state index is 0.00972. The van der Waals surface area contributed by atoms with Gasteiger partial charge in [-0.15, -0.1) is 11.3 Å². The van der Waals surface area contributed by atoms with Crippen LogP contribution in [0.5, 0.6) is 0 Å². The van der Waals surface area contributed by atoms with Gasteiger partial charge in [-0.05, 0) is 24.3 Å². The van der Waals surface area contributed by atoms with Crippen molar-refractivity contribution >= 4 is 39.2 Å². The molecule has 3 N–H and O–H groups in total. The van der Waals surface area contributed by atoms with E-state index in [1.165, 1.54) is 0 Å². The van der Waals surface area contributed by atoms with Crippen LogP contribution in [-0.4, -0.2) is 35.5 Å². The summed E-state index contributed by atoms with van der Waals surface area (Å²) in [6, 6.07) is 2.34. The SMILES string of the molecule is CNc1nc(NCC(=O)NC2CC2)c2ccsc2n1. The van der Waals surface area contributed by atoms with Crippen LogP contribution in [-0.2, 0) is 4.79 Å². The number of hydrogen-bond donors (Lipinski definition) is 3. The monoisotopic (exact) mass is 277 g/mol. The summed E-state index contributed by atoms with van der Waals surface area (Å²) >= 11 is 1.55. The largest absolute Gasteiger partial charge is 0.360 e. The van der Waals surface area contributed by atoms with E-state index in [1.54, 1.807) is 18.4 Å². The summed E-state index contributed by atoms with van der Waals surface area (Å²) in [7, 11) is 1.78. The van der Waals surface area contributed by atoms with Gasteiger partial charge < -0.3 is 16.0 Å². The molecular formula is C12H15N5OS. The van der Waals surface area contributed by atoms with Crippen LogP contribution in [0.3, 0.4) is 0 Å². The summed E-state index contributed by atoms with van der Waals surface area (Å²) in [5.41, 5.74) is 0. The molecule has 1 fully saturated rings. The minimum Gasteiger partial charge on any atom is -0.360 e. The van der Waals surface area contributed by atoms with Gasteiger partial charge in [0.05, 0.1) is 11.9 Å². The Bertz CT molecular complexity index is 607. The highest BCUT2D eigenvalue weighted by Crippen LogP contribution is 2.26. The Morgan fingerprint density at radius 3 is 3.05 bits per heavy atom. The van der Waals surface area contributed by atoms with Crippen LogP contribution in [0.2, 0.25) is 0 Å². The molecule has 2 aromatic rings. The number of carbonyl (C=O) groups is 1. The van der Waals surface area contributed by atoms with Crippen molar-refractivity contribution in [2.24, 2.45) is 0 Å². The minimum absolute atomic E-state index is 0.00972. The summed E-state index contributed by atoms with van der Waals surface area (Å²) in [6.07, 6.45) is 2.19. The first-order valence-corrected chi connectivity index (χ1v) is 7.10. The molecule has 19 heavy (non-hydrogen) atoms. The molecule has 1 aliphatic carbocycles. The van der Waals surface area contributed by atoms with Gasteiger partial charge in [0, 0.05) is 13.1 Å². The number of anilines is 2. The van der Waals surface area contributed by atoms with Crippen molar-refractivity contribution in [3.63, 3.8) is 0 Å². The second-order valence-electron chi connectivity index (χ2n) is 4.48. The molecule has 1 aliphatic rings. The molecule has 0 aromatic carbocycles. The number of rotatable bonds is 5. The molecule has 6 nitrogen and oxygen atoms in total. The van der Waals surface area contributed by atoms with Crippen LogP contribution in [0.1, 0.15) is 12.8 Å². The third kappa shape index (κ3) is 2.76. The topological polar surface area (TPSA) is 78.9 Å². The van der Waals surface area contributed by atoms with E-state index >= 15 is 0 Å². The van der Waals surface area contributed by atoms with Crippen LogP contribution in [0.25, 0.3) is 10.2 Å². The fourth-order valence-corrected chi connectivity index (χ4v) is 2.54. The molecule has 1 amide bonds. The van der Waals surface area contributed by atoms with Crippen molar-refractivity contribution in [2.45, 2.75) is 18.9 Å². The molecule has 7 heteroatoms. The first kappa shape index (κ1) is 12.2. The maximum atomic E-state index is 11.7. The first-order valence-electron chi connectivity index (χ1n) is 6.22. The molecule has 0 unspecified atom stereocenters. The highest BCUT2D eigenvalue weighted by molar-refractivity contribution is 7.16. The predicted molar refractivity (Wildman–Crippen MR) is 76.6 cm³/mol. The number of carbonyl (C=O) groups excluding carboxylic acids is 1. The molecule has 0 spiro atoms. The fourth-order valence-electron chi connectivity index (χ4n) is 1.77. The van der Waals surface area contributed by atoms with E-state index in [4.69, 9.17) is 0 Å². The van der Waals surface area contributed by atoms with Gasteiger partial charge in [-0.25, -0.2) is 4.98 Å². The van der Waals surface area contributed by atoms with Crippen molar-refractivity contribution in [3.8, 4) is 0 Å². The Balaban J connectivity index is 1.74. The van der Waals surface area contributed by atoms with Crippen molar-refractivity contribution in [2.75, 3.05) is 24.2 Å². The van der Waals surface area contributed by atoms with Gasteiger partial charge >= 0.3 is 0 Å². The number of fused-ring (bicyclic) bond motifs is 1. The van der Waals surface area contributed by atoms with E-state index in [2.05, 4.69) is 25.9 Å². The van der Waals surface area contributed by atoms with Crippen LogP contribution in [0, 0.1) is 0 Å². The number of aromatic nitrogens is 2. The number of nitrogens with one attached hydrogen (secondary N) is 3. The molecule has 1 saturated carbocycles. The predicted octanol–water partition coefficient (Wildman–Crippen LogP) is 1.42. The normalized spacial score (nSPS) is 14.4. The Morgan fingerprint density at radius 2 is 2.32 bits per heavy atom. The fraction of sp³-hybridized carbons (Fsp3) is 0.417. The molecule has 0 atom stereocenters. The summed E-state index contributed by atoms with van der Waals surface area (Å²) in [5, 5.41) is 11.9. The van der Waals surface area contributed by atoms with Gasteiger partial charge in [0.15, 0.2) is 0 Å². The molecule has 0 bridgehead atoms. The Labute approximate surface area is 114 Å². The summed E-state index contributed by atoms with van der Waals surface area (Å²) in [6.45, 7) is 0.238. The Morgan fingerprint density at radius 1 is 1.47 bits per heavy atom. The van der Waals surface area contributed by atoms with E-state index in [9.17, 15) is 4.79 Å².